The summed E-state index contributed by atoms with van der Waals surface area (Å²) in [5, 5.41) is 4.10. The number of carbonyl (C=O) groups is 2. The molecule has 1 aliphatic carbocycles. The number of rotatable bonds is 11. The molecule has 1 heterocycles. The van der Waals surface area contributed by atoms with Crippen LogP contribution in [0, 0.1) is 5.92 Å². The first-order chi connectivity index (χ1) is 15.0. The topological polar surface area (TPSA) is 88.8 Å². The van der Waals surface area contributed by atoms with Gasteiger partial charge in [-0.3, -0.25) is 14.5 Å². The summed E-state index contributed by atoms with van der Waals surface area (Å²) in [7, 11) is 5.31. The van der Waals surface area contributed by atoms with Gasteiger partial charge in [-0.1, -0.05) is 50.1 Å². The van der Waals surface area contributed by atoms with E-state index >= 15 is 0 Å². The number of nitrogens with zero attached hydrogens (tertiary/aromatic N) is 4. The van der Waals surface area contributed by atoms with Gasteiger partial charge in [-0.25, -0.2) is 0 Å². The second-order valence-corrected chi connectivity index (χ2v) is 10.4. The van der Waals surface area contributed by atoms with E-state index in [1.54, 1.807) is 19.0 Å². The van der Waals surface area contributed by atoms with Gasteiger partial charge in [0.25, 0.3) is 0 Å². The van der Waals surface area contributed by atoms with Gasteiger partial charge in [0.2, 0.25) is 11.8 Å². The van der Waals surface area contributed by atoms with E-state index in [1.165, 1.54) is 38.5 Å². The highest BCUT2D eigenvalue weighted by molar-refractivity contribution is 5.77. The van der Waals surface area contributed by atoms with E-state index in [9.17, 15) is 9.59 Å². The summed E-state index contributed by atoms with van der Waals surface area (Å²) in [6, 6.07) is 0. The monoisotopic (exact) mass is 450 g/mol. The SMILES string of the molecule is CN(CC(=O)N(C)C)Cc1noc(C(CCCC2CCCCC2)CC(=O)OC(C)(C)C)n1. The molecule has 0 bridgehead atoms. The molecule has 1 saturated carbocycles. The summed E-state index contributed by atoms with van der Waals surface area (Å²) < 4.78 is 11.1. The molecule has 1 aromatic rings. The Kier molecular flexibility index (Phi) is 10.1. The minimum Gasteiger partial charge on any atom is -0.460 e. The van der Waals surface area contributed by atoms with Crippen LogP contribution in [0.1, 0.15) is 96.2 Å². The second-order valence-electron chi connectivity index (χ2n) is 10.4. The zero-order chi connectivity index (χ0) is 23.7. The first-order valence-corrected chi connectivity index (χ1v) is 12.0. The number of ether oxygens (including phenoxy) is 1. The molecule has 32 heavy (non-hydrogen) atoms. The lowest BCUT2D eigenvalue weighted by atomic mass is 9.84. The Hall–Kier alpha value is -1.96. The van der Waals surface area contributed by atoms with Gasteiger partial charge in [0.15, 0.2) is 5.82 Å². The van der Waals surface area contributed by atoms with E-state index in [0.29, 0.717) is 18.3 Å². The van der Waals surface area contributed by atoms with Gasteiger partial charge >= 0.3 is 5.97 Å². The molecule has 0 saturated heterocycles. The Morgan fingerprint density at radius 3 is 2.47 bits per heavy atom. The molecular formula is C24H42N4O4. The van der Waals surface area contributed by atoms with Crippen molar-refractivity contribution in [2.24, 2.45) is 5.92 Å². The van der Waals surface area contributed by atoms with E-state index in [1.807, 2.05) is 32.7 Å². The van der Waals surface area contributed by atoms with Crippen molar-refractivity contribution in [1.82, 2.24) is 19.9 Å². The van der Waals surface area contributed by atoms with Crippen LogP contribution in [0.5, 0.6) is 0 Å². The van der Waals surface area contributed by atoms with E-state index in [4.69, 9.17) is 9.26 Å². The lowest BCUT2D eigenvalue weighted by Gasteiger charge is -2.23. The molecule has 1 unspecified atom stereocenters. The third-order valence-electron chi connectivity index (χ3n) is 5.87. The van der Waals surface area contributed by atoms with E-state index in [2.05, 4.69) is 10.1 Å². The zero-order valence-corrected chi connectivity index (χ0v) is 20.9. The normalized spacial score (nSPS) is 16.2. The molecule has 0 spiro atoms. The van der Waals surface area contributed by atoms with Gasteiger partial charge in [-0.2, -0.15) is 4.98 Å². The number of likely N-dealkylation sites (N-methyl/N-ethyl adjacent to an activating group) is 2. The number of hydrogen-bond donors (Lipinski definition) is 0. The minimum atomic E-state index is -0.522. The first-order valence-electron chi connectivity index (χ1n) is 12.0. The van der Waals surface area contributed by atoms with Crippen molar-refractivity contribution in [3.8, 4) is 0 Å². The van der Waals surface area contributed by atoms with Crippen LogP contribution in [0.2, 0.25) is 0 Å². The number of carbonyl (C=O) groups excluding carboxylic acids is 2. The average Bonchev–Trinajstić information content (AvgIpc) is 3.14. The average molecular weight is 451 g/mol. The predicted octanol–water partition coefficient (Wildman–Crippen LogP) is 4.16. The molecular weight excluding hydrogens is 408 g/mol. The maximum Gasteiger partial charge on any atom is 0.307 e. The van der Waals surface area contributed by atoms with Crippen LogP contribution in [-0.2, 0) is 20.9 Å². The standard InChI is InChI=1S/C24H42N4O4/c1-24(2,3)31-22(30)15-19(14-10-13-18-11-8-7-9-12-18)23-25-20(26-32-23)16-28(6)17-21(29)27(4)5/h18-19H,7-17H2,1-6H3. The number of hydrogen-bond acceptors (Lipinski definition) is 7. The number of aromatic nitrogens is 2. The largest absolute Gasteiger partial charge is 0.460 e. The molecule has 1 aromatic heterocycles. The van der Waals surface area contributed by atoms with Crippen molar-refractivity contribution < 1.29 is 18.8 Å². The Bertz CT molecular complexity index is 720. The predicted molar refractivity (Wildman–Crippen MR) is 123 cm³/mol. The van der Waals surface area contributed by atoms with Crippen LogP contribution in [0.25, 0.3) is 0 Å². The summed E-state index contributed by atoms with van der Waals surface area (Å²) in [4.78, 5) is 32.4. The van der Waals surface area contributed by atoms with Crippen molar-refractivity contribution in [3.05, 3.63) is 11.7 Å². The second kappa shape index (κ2) is 12.3. The highest BCUT2D eigenvalue weighted by atomic mass is 16.6. The Labute approximate surface area is 193 Å². The van der Waals surface area contributed by atoms with E-state index in [0.717, 1.165) is 18.8 Å². The Morgan fingerprint density at radius 1 is 1.16 bits per heavy atom. The summed E-state index contributed by atoms with van der Waals surface area (Å²) in [6.07, 6.45) is 9.95. The van der Waals surface area contributed by atoms with Crippen molar-refractivity contribution in [2.45, 2.75) is 96.6 Å². The molecule has 1 fully saturated rings. The molecule has 1 atom stereocenters. The van der Waals surface area contributed by atoms with Gasteiger partial charge in [-0.05, 0) is 40.2 Å². The molecule has 8 heteroatoms. The van der Waals surface area contributed by atoms with Crippen LogP contribution < -0.4 is 0 Å². The van der Waals surface area contributed by atoms with Crippen LogP contribution in [0.4, 0.5) is 0 Å². The molecule has 8 nitrogen and oxygen atoms in total. The third-order valence-corrected chi connectivity index (χ3v) is 5.87. The highest BCUT2D eigenvalue weighted by Crippen LogP contribution is 2.31. The number of amides is 1. The summed E-state index contributed by atoms with van der Waals surface area (Å²) in [5.41, 5.74) is -0.522. The van der Waals surface area contributed by atoms with Gasteiger partial charge in [-0.15, -0.1) is 0 Å². The molecule has 1 aliphatic rings. The maximum atomic E-state index is 12.5. The molecule has 1 amide bonds. The fraction of sp³-hybridized carbons (Fsp3) is 0.833. The smallest absolute Gasteiger partial charge is 0.307 e. The quantitative estimate of drug-likeness (QED) is 0.468. The van der Waals surface area contributed by atoms with Crippen LogP contribution in [-0.4, -0.2) is 65.1 Å². The lowest BCUT2D eigenvalue weighted by Crippen LogP contribution is -2.34. The molecule has 182 valence electrons. The Balaban J connectivity index is 1.98. The van der Waals surface area contributed by atoms with E-state index in [-0.39, 0.29) is 30.8 Å². The molecule has 0 radical (unpaired) electrons. The lowest BCUT2D eigenvalue weighted by molar-refractivity contribution is -0.155. The third kappa shape index (κ3) is 9.67. The van der Waals surface area contributed by atoms with Crippen LogP contribution in [0.15, 0.2) is 4.52 Å². The molecule has 0 N–H and O–H groups in total. The Morgan fingerprint density at radius 2 is 1.84 bits per heavy atom. The fourth-order valence-corrected chi connectivity index (χ4v) is 4.19. The summed E-state index contributed by atoms with van der Waals surface area (Å²) in [5.74, 6) is 1.43. The van der Waals surface area contributed by atoms with Crippen molar-refractivity contribution >= 4 is 11.9 Å². The van der Waals surface area contributed by atoms with Gasteiger partial charge in [0.1, 0.15) is 5.60 Å². The maximum absolute atomic E-state index is 12.5. The van der Waals surface area contributed by atoms with Gasteiger partial charge < -0.3 is 14.2 Å². The van der Waals surface area contributed by atoms with Crippen molar-refractivity contribution in [2.75, 3.05) is 27.7 Å². The molecule has 0 aliphatic heterocycles. The highest BCUT2D eigenvalue weighted by Gasteiger charge is 2.26. The minimum absolute atomic E-state index is 0.0155. The zero-order valence-electron chi connectivity index (χ0n) is 20.9. The van der Waals surface area contributed by atoms with Gasteiger partial charge in [0.05, 0.1) is 19.5 Å². The van der Waals surface area contributed by atoms with Crippen LogP contribution >= 0.6 is 0 Å². The fourth-order valence-electron chi connectivity index (χ4n) is 4.19. The van der Waals surface area contributed by atoms with Crippen molar-refractivity contribution in [1.29, 1.82) is 0 Å². The summed E-state index contributed by atoms with van der Waals surface area (Å²) in [6.45, 7) is 6.31. The molecule has 0 aromatic carbocycles. The first kappa shape index (κ1) is 26.3. The van der Waals surface area contributed by atoms with Crippen molar-refractivity contribution in [3.63, 3.8) is 0 Å². The van der Waals surface area contributed by atoms with Crippen LogP contribution in [0.3, 0.4) is 0 Å². The number of esters is 1. The van der Waals surface area contributed by atoms with Gasteiger partial charge in [0, 0.05) is 20.0 Å². The summed E-state index contributed by atoms with van der Waals surface area (Å²) >= 11 is 0. The molecule has 2 rings (SSSR count). The van der Waals surface area contributed by atoms with E-state index < -0.39 is 5.60 Å².